The van der Waals surface area contributed by atoms with Gasteiger partial charge in [0.15, 0.2) is 0 Å². The Kier molecular flexibility index (Phi) is 3.15. The number of benzene rings is 1. The van der Waals surface area contributed by atoms with Gasteiger partial charge < -0.3 is 9.47 Å². The number of rotatable bonds is 4. The molecule has 102 valence electrons. The Morgan fingerprint density at radius 2 is 2.25 bits per heavy atom. The predicted molar refractivity (Wildman–Crippen MR) is 74.8 cm³/mol. The molecule has 0 N–H and O–H groups in total. The molecule has 0 unspecified atom stereocenters. The second-order valence-electron chi connectivity index (χ2n) is 5.17. The lowest BCUT2D eigenvalue weighted by Crippen LogP contribution is -2.32. The molecule has 20 heavy (non-hydrogen) atoms. The van der Waals surface area contributed by atoms with E-state index in [1.54, 1.807) is 0 Å². The quantitative estimate of drug-likeness (QED) is 0.848. The van der Waals surface area contributed by atoms with Gasteiger partial charge in [-0.1, -0.05) is 12.1 Å². The molecule has 0 bridgehead atoms. The van der Waals surface area contributed by atoms with Crippen molar-refractivity contribution in [1.82, 2.24) is 14.5 Å². The first-order valence-corrected chi connectivity index (χ1v) is 6.77. The van der Waals surface area contributed by atoms with E-state index in [0.29, 0.717) is 11.9 Å². The summed E-state index contributed by atoms with van der Waals surface area (Å²) >= 11 is 0. The van der Waals surface area contributed by atoms with Crippen molar-refractivity contribution in [2.45, 2.75) is 31.8 Å². The van der Waals surface area contributed by atoms with Crippen LogP contribution in [-0.2, 0) is 17.8 Å². The molecule has 5 heteroatoms. The second-order valence-corrected chi connectivity index (χ2v) is 5.17. The van der Waals surface area contributed by atoms with E-state index in [1.807, 2.05) is 40.8 Å². The molecule has 0 spiro atoms. The largest absolute Gasteiger partial charge is 0.341 e. The van der Waals surface area contributed by atoms with Crippen molar-refractivity contribution in [2.75, 3.05) is 7.05 Å². The lowest BCUT2D eigenvalue weighted by molar-refractivity contribution is -0.131. The van der Waals surface area contributed by atoms with Gasteiger partial charge in [0.2, 0.25) is 5.91 Å². The van der Waals surface area contributed by atoms with Crippen LogP contribution < -0.4 is 0 Å². The van der Waals surface area contributed by atoms with E-state index < -0.39 is 0 Å². The van der Waals surface area contributed by atoms with Crippen LogP contribution in [0.2, 0.25) is 0 Å². The van der Waals surface area contributed by atoms with E-state index in [-0.39, 0.29) is 18.9 Å². The molecule has 1 aliphatic rings. The third kappa shape index (κ3) is 2.25. The molecule has 5 nitrogen and oxygen atoms in total. The number of carbonyl (C=O) groups is 1. The van der Waals surface area contributed by atoms with Gasteiger partial charge in [-0.2, -0.15) is 5.26 Å². The van der Waals surface area contributed by atoms with Crippen molar-refractivity contribution in [1.29, 1.82) is 5.26 Å². The Hall–Kier alpha value is -2.35. The van der Waals surface area contributed by atoms with E-state index >= 15 is 0 Å². The minimum absolute atomic E-state index is 0.0786. The first-order chi connectivity index (χ1) is 9.70. The fraction of sp³-hybridized carbons (Fsp3) is 0.400. The standard InChI is InChI=1S/C15H16N4O/c1-18(11-6-7-11)15(20)10-19-13-5-3-2-4-12(13)17-14(19)8-9-16/h2-5,11H,6-8,10H2,1H3. The zero-order valence-corrected chi connectivity index (χ0v) is 11.4. The van der Waals surface area contributed by atoms with Gasteiger partial charge in [0.1, 0.15) is 12.4 Å². The molecule has 1 aliphatic carbocycles. The van der Waals surface area contributed by atoms with Gasteiger partial charge in [-0.05, 0) is 25.0 Å². The number of likely N-dealkylation sites (N-methyl/N-ethyl adjacent to an activating group) is 1. The first-order valence-electron chi connectivity index (χ1n) is 6.77. The fourth-order valence-electron chi connectivity index (χ4n) is 2.42. The van der Waals surface area contributed by atoms with Gasteiger partial charge in [0.05, 0.1) is 23.5 Å². The van der Waals surface area contributed by atoms with Crippen molar-refractivity contribution in [3.05, 3.63) is 30.1 Å². The number of aromatic nitrogens is 2. The number of carbonyl (C=O) groups excluding carboxylic acids is 1. The lowest BCUT2D eigenvalue weighted by Gasteiger charge is -2.17. The van der Waals surface area contributed by atoms with Gasteiger partial charge in [0, 0.05) is 13.1 Å². The van der Waals surface area contributed by atoms with Crippen LogP contribution in [0.4, 0.5) is 0 Å². The van der Waals surface area contributed by atoms with Crippen LogP contribution in [0.25, 0.3) is 11.0 Å². The van der Waals surface area contributed by atoms with Crippen LogP contribution in [0.15, 0.2) is 24.3 Å². The summed E-state index contributed by atoms with van der Waals surface area (Å²) in [6.45, 7) is 0.254. The molecule has 0 radical (unpaired) electrons. The molecule has 1 aromatic heterocycles. The summed E-state index contributed by atoms with van der Waals surface area (Å²) in [6.07, 6.45) is 2.41. The predicted octanol–water partition coefficient (Wildman–Crippen LogP) is 1.72. The minimum Gasteiger partial charge on any atom is -0.341 e. The van der Waals surface area contributed by atoms with Crippen LogP contribution in [0.3, 0.4) is 0 Å². The average molecular weight is 268 g/mol. The van der Waals surface area contributed by atoms with E-state index in [2.05, 4.69) is 11.1 Å². The van der Waals surface area contributed by atoms with Crippen molar-refractivity contribution in [3.63, 3.8) is 0 Å². The Morgan fingerprint density at radius 3 is 2.95 bits per heavy atom. The molecule has 0 atom stereocenters. The van der Waals surface area contributed by atoms with Gasteiger partial charge in [-0.15, -0.1) is 0 Å². The third-order valence-electron chi connectivity index (χ3n) is 3.75. The Morgan fingerprint density at radius 1 is 1.50 bits per heavy atom. The van der Waals surface area contributed by atoms with Crippen molar-refractivity contribution >= 4 is 16.9 Å². The summed E-state index contributed by atoms with van der Waals surface area (Å²) in [6, 6.07) is 10.2. The van der Waals surface area contributed by atoms with Crippen LogP contribution >= 0.6 is 0 Å². The summed E-state index contributed by atoms with van der Waals surface area (Å²) in [4.78, 5) is 18.5. The second kappa shape index (κ2) is 4.97. The highest BCUT2D eigenvalue weighted by Gasteiger charge is 2.29. The molecule has 3 rings (SSSR count). The SMILES string of the molecule is CN(C(=O)Cn1c(CC#N)nc2ccccc21)C1CC1. The van der Waals surface area contributed by atoms with Crippen LogP contribution in [0.1, 0.15) is 18.7 Å². The molecule has 1 heterocycles. The van der Waals surface area contributed by atoms with Crippen molar-refractivity contribution in [3.8, 4) is 6.07 Å². The molecule has 0 saturated heterocycles. The van der Waals surface area contributed by atoms with Crippen molar-refractivity contribution in [2.24, 2.45) is 0 Å². The third-order valence-corrected chi connectivity index (χ3v) is 3.75. The first kappa shape index (κ1) is 12.7. The summed E-state index contributed by atoms with van der Waals surface area (Å²) in [5.41, 5.74) is 1.75. The summed E-state index contributed by atoms with van der Waals surface area (Å²) in [5.74, 6) is 0.737. The summed E-state index contributed by atoms with van der Waals surface area (Å²) < 4.78 is 1.86. The molecule has 1 fully saturated rings. The summed E-state index contributed by atoms with van der Waals surface area (Å²) in [7, 11) is 1.85. The number of fused-ring (bicyclic) bond motifs is 1. The highest BCUT2D eigenvalue weighted by molar-refractivity contribution is 5.81. The number of nitriles is 1. The lowest BCUT2D eigenvalue weighted by atomic mass is 10.3. The van der Waals surface area contributed by atoms with Gasteiger partial charge >= 0.3 is 0 Å². The molecule has 1 amide bonds. The Bertz CT molecular complexity index is 693. The van der Waals surface area contributed by atoms with Crippen LogP contribution in [-0.4, -0.2) is 33.4 Å². The Balaban J connectivity index is 1.94. The maximum atomic E-state index is 12.3. The number of amides is 1. The molecule has 2 aromatic rings. The van der Waals surface area contributed by atoms with Gasteiger partial charge in [-0.25, -0.2) is 4.98 Å². The molecule has 0 aliphatic heterocycles. The number of imidazole rings is 1. The minimum atomic E-state index is 0.0786. The number of hydrogen-bond donors (Lipinski definition) is 0. The zero-order valence-electron chi connectivity index (χ0n) is 11.4. The van der Waals surface area contributed by atoms with Crippen LogP contribution in [0.5, 0.6) is 0 Å². The van der Waals surface area contributed by atoms with Gasteiger partial charge in [0.25, 0.3) is 0 Å². The van der Waals surface area contributed by atoms with Gasteiger partial charge in [-0.3, -0.25) is 4.79 Å². The van der Waals surface area contributed by atoms with E-state index in [0.717, 1.165) is 23.9 Å². The molecule has 1 saturated carbocycles. The monoisotopic (exact) mass is 268 g/mol. The highest BCUT2D eigenvalue weighted by Crippen LogP contribution is 2.26. The fourth-order valence-corrected chi connectivity index (χ4v) is 2.42. The Labute approximate surface area is 117 Å². The molecular weight excluding hydrogens is 252 g/mol. The van der Waals surface area contributed by atoms with E-state index in [9.17, 15) is 4.79 Å². The smallest absolute Gasteiger partial charge is 0.242 e. The van der Waals surface area contributed by atoms with E-state index in [1.165, 1.54) is 0 Å². The molecule has 1 aromatic carbocycles. The maximum Gasteiger partial charge on any atom is 0.242 e. The van der Waals surface area contributed by atoms with Crippen molar-refractivity contribution < 1.29 is 4.79 Å². The van der Waals surface area contributed by atoms with E-state index in [4.69, 9.17) is 5.26 Å². The average Bonchev–Trinajstić information content (AvgIpc) is 3.24. The zero-order chi connectivity index (χ0) is 14.1. The maximum absolute atomic E-state index is 12.3. The molecular formula is C15H16N4O. The highest BCUT2D eigenvalue weighted by atomic mass is 16.2. The van der Waals surface area contributed by atoms with Crippen LogP contribution in [0, 0.1) is 11.3 Å². The number of hydrogen-bond acceptors (Lipinski definition) is 3. The normalized spacial score (nSPS) is 14.2. The number of nitrogens with zero attached hydrogens (tertiary/aromatic N) is 4. The topological polar surface area (TPSA) is 61.9 Å². The number of para-hydroxylation sites is 2. The summed E-state index contributed by atoms with van der Waals surface area (Å²) in [5, 5.41) is 8.91.